The van der Waals surface area contributed by atoms with E-state index >= 15 is 0 Å². The van der Waals surface area contributed by atoms with Crippen LogP contribution in [0.2, 0.25) is 0 Å². The van der Waals surface area contributed by atoms with E-state index in [0.717, 1.165) is 36.7 Å². The number of likely N-dealkylation sites (tertiary alicyclic amines) is 1. The Hall–Kier alpha value is -1.42. The highest BCUT2D eigenvalue weighted by Crippen LogP contribution is 2.19. The molecule has 3 nitrogen and oxygen atoms in total. The van der Waals surface area contributed by atoms with Crippen molar-refractivity contribution >= 4 is 28.8 Å². The molecule has 1 heterocycles. The Labute approximate surface area is 113 Å². The normalized spacial score (nSPS) is 16.4. The molecule has 0 aliphatic carbocycles. The minimum Gasteiger partial charge on any atom is -0.349 e. The van der Waals surface area contributed by atoms with Crippen LogP contribution in [0.25, 0.3) is 0 Å². The van der Waals surface area contributed by atoms with Gasteiger partial charge in [-0.2, -0.15) is 0 Å². The summed E-state index contributed by atoms with van der Waals surface area (Å²) in [5.74, 6) is 0.525. The van der Waals surface area contributed by atoms with Gasteiger partial charge in [0.2, 0.25) is 0 Å². The number of carbonyl (C=O) groups excluding carboxylic acids is 1. The largest absolute Gasteiger partial charge is 0.349 e. The fourth-order valence-corrected chi connectivity index (χ4v) is 2.51. The van der Waals surface area contributed by atoms with E-state index in [1.54, 1.807) is 6.92 Å². The molecule has 0 unspecified atom stereocenters. The molecule has 1 saturated heterocycles. The molecule has 1 aromatic carbocycles. The lowest BCUT2D eigenvalue weighted by Gasteiger charge is -2.32. The van der Waals surface area contributed by atoms with Crippen molar-refractivity contribution in [3.8, 4) is 0 Å². The Kier molecular flexibility index (Phi) is 4.31. The maximum absolute atomic E-state index is 11.3. The number of anilines is 1. The summed E-state index contributed by atoms with van der Waals surface area (Å²) in [6, 6.07) is 9.93. The molecule has 0 spiro atoms. The minimum atomic E-state index is 0.223. The molecular formula is C14H18N2OS. The van der Waals surface area contributed by atoms with Crippen LogP contribution in [-0.4, -0.2) is 28.9 Å². The second kappa shape index (κ2) is 5.96. The maximum Gasteiger partial charge on any atom is 0.173 e. The molecule has 1 aliphatic heterocycles. The summed E-state index contributed by atoms with van der Waals surface area (Å²) < 4.78 is 0. The molecule has 0 aromatic heterocycles. The van der Waals surface area contributed by atoms with Crippen molar-refractivity contribution < 1.29 is 4.79 Å². The van der Waals surface area contributed by atoms with Gasteiger partial charge in [0.25, 0.3) is 0 Å². The van der Waals surface area contributed by atoms with Crippen LogP contribution in [0.3, 0.4) is 0 Å². The number of nitrogens with zero attached hydrogens (tertiary/aromatic N) is 1. The number of thiocarbonyl (C=S) groups is 1. The molecule has 1 fully saturated rings. The Morgan fingerprint density at radius 1 is 1.28 bits per heavy atom. The highest BCUT2D eigenvalue weighted by Gasteiger charge is 2.23. The standard InChI is InChI=1S/C14H18N2OS/c1-11(17)12-7-9-16(10-8-12)14(18)15-13-5-3-2-4-6-13/h2-6,12H,7-10H2,1H3,(H,15,18). The summed E-state index contributed by atoms with van der Waals surface area (Å²) in [5.41, 5.74) is 1.01. The number of rotatable bonds is 2. The Balaban J connectivity index is 1.86. The van der Waals surface area contributed by atoms with Gasteiger partial charge < -0.3 is 10.2 Å². The van der Waals surface area contributed by atoms with E-state index < -0.39 is 0 Å². The van der Waals surface area contributed by atoms with E-state index in [2.05, 4.69) is 10.2 Å². The van der Waals surface area contributed by atoms with Crippen LogP contribution < -0.4 is 5.32 Å². The lowest BCUT2D eigenvalue weighted by atomic mass is 9.94. The zero-order chi connectivity index (χ0) is 13.0. The van der Waals surface area contributed by atoms with Crippen molar-refractivity contribution in [3.63, 3.8) is 0 Å². The van der Waals surface area contributed by atoms with E-state index in [9.17, 15) is 4.79 Å². The SMILES string of the molecule is CC(=O)C1CCN(C(=S)Nc2ccccc2)CC1. The molecule has 0 saturated carbocycles. The van der Waals surface area contributed by atoms with Gasteiger partial charge in [-0.1, -0.05) is 18.2 Å². The first kappa shape index (κ1) is 13.0. The number of carbonyl (C=O) groups is 1. The fourth-order valence-electron chi connectivity index (χ4n) is 2.21. The first-order valence-electron chi connectivity index (χ1n) is 6.28. The molecule has 0 bridgehead atoms. The summed E-state index contributed by atoms with van der Waals surface area (Å²) in [6.45, 7) is 3.41. The smallest absolute Gasteiger partial charge is 0.173 e. The van der Waals surface area contributed by atoms with Gasteiger partial charge in [-0.05, 0) is 44.1 Å². The summed E-state index contributed by atoms with van der Waals surface area (Å²) in [4.78, 5) is 13.4. The molecular weight excluding hydrogens is 244 g/mol. The third-order valence-electron chi connectivity index (χ3n) is 3.38. The molecule has 0 atom stereocenters. The molecule has 96 valence electrons. The number of piperidine rings is 1. The molecule has 0 radical (unpaired) electrons. The minimum absolute atomic E-state index is 0.223. The molecule has 2 rings (SSSR count). The third kappa shape index (κ3) is 3.29. The number of Topliss-reactive ketones (excluding diaryl/α,β-unsaturated/α-hetero) is 1. The van der Waals surface area contributed by atoms with E-state index in [4.69, 9.17) is 12.2 Å². The second-order valence-corrected chi connectivity index (χ2v) is 5.05. The van der Waals surface area contributed by atoms with E-state index in [-0.39, 0.29) is 5.92 Å². The highest BCUT2D eigenvalue weighted by atomic mass is 32.1. The van der Waals surface area contributed by atoms with Crippen molar-refractivity contribution in [3.05, 3.63) is 30.3 Å². The predicted octanol–water partition coefficient (Wildman–Crippen LogP) is 2.68. The van der Waals surface area contributed by atoms with Crippen LogP contribution in [0.15, 0.2) is 30.3 Å². The van der Waals surface area contributed by atoms with Gasteiger partial charge >= 0.3 is 0 Å². The van der Waals surface area contributed by atoms with Crippen molar-refractivity contribution in [2.24, 2.45) is 5.92 Å². The monoisotopic (exact) mass is 262 g/mol. The lowest BCUT2D eigenvalue weighted by Crippen LogP contribution is -2.42. The first-order valence-corrected chi connectivity index (χ1v) is 6.69. The van der Waals surface area contributed by atoms with Gasteiger partial charge in [-0.25, -0.2) is 0 Å². The average Bonchev–Trinajstić information content (AvgIpc) is 2.40. The van der Waals surface area contributed by atoms with E-state index in [1.165, 1.54) is 0 Å². The Morgan fingerprint density at radius 3 is 2.44 bits per heavy atom. The maximum atomic E-state index is 11.3. The van der Waals surface area contributed by atoms with Crippen LogP contribution >= 0.6 is 12.2 Å². The summed E-state index contributed by atoms with van der Waals surface area (Å²) in [5, 5.41) is 3.98. The zero-order valence-electron chi connectivity index (χ0n) is 10.6. The highest BCUT2D eigenvalue weighted by molar-refractivity contribution is 7.80. The lowest BCUT2D eigenvalue weighted by molar-refractivity contribution is -0.121. The Bertz CT molecular complexity index is 425. The average molecular weight is 262 g/mol. The number of nitrogens with one attached hydrogen (secondary N) is 1. The number of hydrogen-bond donors (Lipinski definition) is 1. The summed E-state index contributed by atoms with van der Waals surface area (Å²) in [6.07, 6.45) is 1.82. The van der Waals surface area contributed by atoms with Crippen LogP contribution in [0, 0.1) is 5.92 Å². The van der Waals surface area contributed by atoms with Gasteiger partial charge in [-0.15, -0.1) is 0 Å². The van der Waals surface area contributed by atoms with Crippen molar-refractivity contribution in [2.45, 2.75) is 19.8 Å². The molecule has 0 amide bonds. The molecule has 18 heavy (non-hydrogen) atoms. The topological polar surface area (TPSA) is 32.3 Å². The molecule has 1 aromatic rings. The quantitative estimate of drug-likeness (QED) is 0.831. The number of benzene rings is 1. The van der Waals surface area contributed by atoms with Gasteiger partial charge in [0, 0.05) is 24.7 Å². The van der Waals surface area contributed by atoms with E-state index in [1.807, 2.05) is 30.3 Å². The summed E-state index contributed by atoms with van der Waals surface area (Å²) in [7, 11) is 0. The Morgan fingerprint density at radius 2 is 1.89 bits per heavy atom. The molecule has 1 aliphatic rings. The molecule has 1 N–H and O–H groups in total. The van der Waals surface area contributed by atoms with Gasteiger partial charge in [0.1, 0.15) is 5.78 Å². The van der Waals surface area contributed by atoms with Crippen molar-refractivity contribution in [1.82, 2.24) is 4.90 Å². The zero-order valence-corrected chi connectivity index (χ0v) is 11.4. The predicted molar refractivity (Wildman–Crippen MR) is 77.6 cm³/mol. The molecule has 4 heteroatoms. The van der Waals surface area contributed by atoms with Gasteiger partial charge in [0.15, 0.2) is 5.11 Å². The van der Waals surface area contributed by atoms with Gasteiger partial charge in [-0.3, -0.25) is 4.79 Å². The van der Waals surface area contributed by atoms with Crippen molar-refractivity contribution in [1.29, 1.82) is 0 Å². The summed E-state index contributed by atoms with van der Waals surface area (Å²) >= 11 is 5.39. The van der Waals surface area contributed by atoms with Gasteiger partial charge in [0.05, 0.1) is 0 Å². The van der Waals surface area contributed by atoms with E-state index in [0.29, 0.717) is 5.78 Å². The van der Waals surface area contributed by atoms with Crippen LogP contribution in [0.1, 0.15) is 19.8 Å². The van der Waals surface area contributed by atoms with Crippen molar-refractivity contribution in [2.75, 3.05) is 18.4 Å². The number of ketones is 1. The number of para-hydroxylation sites is 1. The number of hydrogen-bond acceptors (Lipinski definition) is 2. The van der Waals surface area contributed by atoms with Crippen LogP contribution in [0.5, 0.6) is 0 Å². The third-order valence-corrected chi connectivity index (χ3v) is 3.74. The second-order valence-electron chi connectivity index (χ2n) is 4.67. The van der Waals surface area contributed by atoms with Crippen LogP contribution in [-0.2, 0) is 4.79 Å². The van der Waals surface area contributed by atoms with Crippen LogP contribution in [0.4, 0.5) is 5.69 Å². The fraction of sp³-hybridized carbons (Fsp3) is 0.429. The first-order chi connectivity index (χ1) is 8.66.